The lowest BCUT2D eigenvalue weighted by atomic mass is 10.2. The van der Waals surface area contributed by atoms with Crippen LogP contribution in [-0.2, 0) is 4.74 Å². The summed E-state index contributed by atoms with van der Waals surface area (Å²) in [4.78, 5) is 16.4. The molecule has 2 aliphatic heterocycles. The van der Waals surface area contributed by atoms with Crippen LogP contribution in [0, 0.1) is 6.92 Å². The molecule has 0 atom stereocenters. The first-order valence-electron chi connectivity index (χ1n) is 9.13. The molecule has 26 heavy (non-hydrogen) atoms. The molecule has 3 heterocycles. The molecule has 1 aromatic carbocycles. The van der Waals surface area contributed by atoms with Crippen LogP contribution in [0.2, 0.25) is 5.02 Å². The molecule has 7 heteroatoms. The summed E-state index contributed by atoms with van der Waals surface area (Å²) in [5.74, 6) is 1.84. The number of aryl methyl sites for hydroxylation is 1. The summed E-state index contributed by atoms with van der Waals surface area (Å²) >= 11 is 6.13. The molecule has 0 radical (unpaired) electrons. The van der Waals surface area contributed by atoms with Crippen LogP contribution in [0.4, 0.5) is 17.5 Å². The predicted molar refractivity (Wildman–Crippen MR) is 106 cm³/mol. The van der Waals surface area contributed by atoms with Crippen molar-refractivity contribution in [1.82, 2.24) is 9.97 Å². The molecule has 0 spiro atoms. The Morgan fingerprint density at radius 1 is 0.885 bits per heavy atom. The third-order valence-corrected chi connectivity index (χ3v) is 5.13. The quantitative estimate of drug-likeness (QED) is 0.824. The van der Waals surface area contributed by atoms with Gasteiger partial charge in [0.25, 0.3) is 0 Å². The molecule has 2 aromatic rings. The van der Waals surface area contributed by atoms with Crippen molar-refractivity contribution in [3.05, 3.63) is 41.0 Å². The number of piperazine rings is 1. The van der Waals surface area contributed by atoms with Gasteiger partial charge >= 0.3 is 0 Å². The van der Waals surface area contributed by atoms with Gasteiger partial charge < -0.3 is 19.4 Å². The van der Waals surface area contributed by atoms with E-state index in [2.05, 4.69) is 31.8 Å². The third kappa shape index (κ3) is 3.86. The van der Waals surface area contributed by atoms with Gasteiger partial charge in [-0.3, -0.25) is 0 Å². The zero-order chi connectivity index (χ0) is 17.9. The van der Waals surface area contributed by atoms with Crippen molar-refractivity contribution < 1.29 is 4.74 Å². The number of aromatic nitrogens is 2. The lowest BCUT2D eigenvalue weighted by Crippen LogP contribution is -2.47. The molecule has 0 unspecified atom stereocenters. The van der Waals surface area contributed by atoms with Crippen LogP contribution in [0.25, 0.3) is 0 Å². The summed E-state index contributed by atoms with van der Waals surface area (Å²) < 4.78 is 5.45. The summed E-state index contributed by atoms with van der Waals surface area (Å²) in [7, 11) is 0. The standard InChI is InChI=1S/C19H24ClN5O/c1-15-13-18(24-9-11-26-12-10-24)22-19(21-15)25-7-5-23(6-8-25)17-4-2-3-16(20)14-17/h2-4,13-14H,5-12H2,1H3. The lowest BCUT2D eigenvalue weighted by Gasteiger charge is -2.36. The smallest absolute Gasteiger partial charge is 0.227 e. The van der Waals surface area contributed by atoms with Crippen LogP contribution >= 0.6 is 11.6 Å². The predicted octanol–water partition coefficient (Wildman–Crippen LogP) is 2.60. The monoisotopic (exact) mass is 373 g/mol. The van der Waals surface area contributed by atoms with E-state index >= 15 is 0 Å². The summed E-state index contributed by atoms with van der Waals surface area (Å²) in [6, 6.07) is 10.1. The zero-order valence-corrected chi connectivity index (χ0v) is 15.8. The Morgan fingerprint density at radius 2 is 1.62 bits per heavy atom. The van der Waals surface area contributed by atoms with E-state index in [0.717, 1.165) is 75.0 Å². The fraction of sp³-hybridized carbons (Fsp3) is 0.474. The van der Waals surface area contributed by atoms with Crippen LogP contribution in [-0.4, -0.2) is 62.5 Å². The molecule has 2 aliphatic rings. The average molecular weight is 374 g/mol. The molecule has 1 aromatic heterocycles. The van der Waals surface area contributed by atoms with Crippen LogP contribution < -0.4 is 14.7 Å². The first-order chi connectivity index (χ1) is 12.7. The number of ether oxygens (including phenoxy) is 1. The second-order valence-corrected chi connectivity index (χ2v) is 7.16. The fourth-order valence-electron chi connectivity index (χ4n) is 3.47. The van der Waals surface area contributed by atoms with Gasteiger partial charge in [0.15, 0.2) is 0 Å². The van der Waals surface area contributed by atoms with Gasteiger partial charge in [-0.05, 0) is 25.1 Å². The Labute approximate surface area is 159 Å². The normalized spacial score (nSPS) is 18.3. The Bertz CT molecular complexity index is 757. The lowest BCUT2D eigenvalue weighted by molar-refractivity contribution is 0.122. The molecular weight excluding hydrogens is 350 g/mol. The number of benzene rings is 1. The van der Waals surface area contributed by atoms with Gasteiger partial charge in [0.1, 0.15) is 5.82 Å². The first kappa shape index (κ1) is 17.4. The van der Waals surface area contributed by atoms with Gasteiger partial charge in [-0.25, -0.2) is 4.98 Å². The Balaban J connectivity index is 1.46. The van der Waals surface area contributed by atoms with E-state index in [4.69, 9.17) is 21.3 Å². The van der Waals surface area contributed by atoms with Gasteiger partial charge in [-0.2, -0.15) is 4.98 Å². The molecule has 0 N–H and O–H groups in total. The summed E-state index contributed by atoms with van der Waals surface area (Å²) in [6.07, 6.45) is 0. The van der Waals surface area contributed by atoms with Crippen molar-refractivity contribution in [2.75, 3.05) is 67.2 Å². The molecule has 4 rings (SSSR count). The molecule has 0 amide bonds. The minimum absolute atomic E-state index is 0.761. The average Bonchev–Trinajstić information content (AvgIpc) is 2.68. The second-order valence-electron chi connectivity index (χ2n) is 6.72. The molecular formula is C19H24ClN5O. The van der Waals surface area contributed by atoms with E-state index < -0.39 is 0 Å². The molecule has 138 valence electrons. The van der Waals surface area contributed by atoms with Crippen LogP contribution in [0.1, 0.15) is 5.69 Å². The molecule has 6 nitrogen and oxygen atoms in total. The van der Waals surface area contributed by atoms with Gasteiger partial charge in [-0.15, -0.1) is 0 Å². The highest BCUT2D eigenvalue weighted by Crippen LogP contribution is 2.23. The number of hydrogen-bond donors (Lipinski definition) is 0. The number of anilines is 3. The maximum atomic E-state index is 6.13. The Hall–Kier alpha value is -2.05. The van der Waals surface area contributed by atoms with Crippen molar-refractivity contribution in [2.45, 2.75) is 6.92 Å². The highest BCUT2D eigenvalue weighted by molar-refractivity contribution is 6.30. The summed E-state index contributed by atoms with van der Waals surface area (Å²) in [5.41, 5.74) is 2.19. The maximum absolute atomic E-state index is 6.13. The fourth-order valence-corrected chi connectivity index (χ4v) is 3.65. The minimum Gasteiger partial charge on any atom is -0.378 e. The van der Waals surface area contributed by atoms with Gasteiger partial charge in [0, 0.05) is 61.7 Å². The first-order valence-corrected chi connectivity index (χ1v) is 9.51. The molecule has 2 fully saturated rings. The number of nitrogens with zero attached hydrogens (tertiary/aromatic N) is 5. The van der Waals surface area contributed by atoms with Crippen molar-refractivity contribution in [1.29, 1.82) is 0 Å². The third-order valence-electron chi connectivity index (χ3n) is 4.90. The van der Waals surface area contributed by atoms with Gasteiger partial charge in [0.05, 0.1) is 13.2 Å². The minimum atomic E-state index is 0.761. The van der Waals surface area contributed by atoms with Crippen molar-refractivity contribution in [3.8, 4) is 0 Å². The molecule has 2 saturated heterocycles. The van der Waals surface area contributed by atoms with E-state index in [9.17, 15) is 0 Å². The highest BCUT2D eigenvalue weighted by Gasteiger charge is 2.21. The van der Waals surface area contributed by atoms with E-state index in [0.29, 0.717) is 0 Å². The Kier molecular flexibility index (Phi) is 5.13. The van der Waals surface area contributed by atoms with E-state index in [-0.39, 0.29) is 0 Å². The number of hydrogen-bond acceptors (Lipinski definition) is 6. The van der Waals surface area contributed by atoms with E-state index in [1.165, 1.54) is 5.69 Å². The molecule has 0 saturated carbocycles. The highest BCUT2D eigenvalue weighted by atomic mass is 35.5. The largest absolute Gasteiger partial charge is 0.378 e. The van der Waals surface area contributed by atoms with Gasteiger partial charge in [-0.1, -0.05) is 17.7 Å². The Morgan fingerprint density at radius 3 is 2.35 bits per heavy atom. The van der Waals surface area contributed by atoms with Crippen LogP contribution in [0.3, 0.4) is 0 Å². The SMILES string of the molecule is Cc1cc(N2CCOCC2)nc(N2CCN(c3cccc(Cl)c3)CC2)n1. The van der Waals surface area contributed by atoms with E-state index in [1.54, 1.807) is 0 Å². The molecule has 0 aliphatic carbocycles. The second kappa shape index (κ2) is 7.68. The maximum Gasteiger partial charge on any atom is 0.227 e. The van der Waals surface area contributed by atoms with Crippen molar-refractivity contribution in [3.63, 3.8) is 0 Å². The van der Waals surface area contributed by atoms with Crippen molar-refractivity contribution >= 4 is 29.1 Å². The van der Waals surface area contributed by atoms with Crippen LogP contribution in [0.15, 0.2) is 30.3 Å². The number of halogens is 1. The van der Waals surface area contributed by atoms with Gasteiger partial charge in [0.2, 0.25) is 5.95 Å². The van der Waals surface area contributed by atoms with E-state index in [1.807, 2.05) is 25.1 Å². The zero-order valence-electron chi connectivity index (χ0n) is 15.1. The summed E-state index contributed by atoms with van der Waals surface area (Å²) in [6.45, 7) is 9.01. The molecule has 0 bridgehead atoms. The van der Waals surface area contributed by atoms with Crippen molar-refractivity contribution in [2.24, 2.45) is 0 Å². The van der Waals surface area contributed by atoms with Crippen LogP contribution in [0.5, 0.6) is 0 Å². The summed E-state index contributed by atoms with van der Waals surface area (Å²) in [5, 5.41) is 0.780. The topological polar surface area (TPSA) is 44.7 Å². The number of rotatable bonds is 3. The number of morpholine rings is 1.